The summed E-state index contributed by atoms with van der Waals surface area (Å²) >= 11 is 8.03. The van der Waals surface area contributed by atoms with E-state index in [0.29, 0.717) is 5.92 Å². The van der Waals surface area contributed by atoms with Crippen LogP contribution >= 0.6 is 22.9 Å². The van der Waals surface area contributed by atoms with Crippen LogP contribution in [0.1, 0.15) is 43.7 Å². The van der Waals surface area contributed by atoms with Gasteiger partial charge in [0, 0.05) is 17.0 Å². The second-order valence-electron chi connectivity index (χ2n) is 5.14. The van der Waals surface area contributed by atoms with E-state index >= 15 is 0 Å². The average Bonchev–Trinajstić information content (AvgIpc) is 2.84. The third kappa shape index (κ3) is 3.60. The lowest BCUT2D eigenvalue weighted by Gasteiger charge is -2.05. The van der Waals surface area contributed by atoms with Crippen molar-refractivity contribution >= 4 is 22.9 Å². The normalized spacial score (nSPS) is 11.2. The molecule has 0 aliphatic carbocycles. The molecule has 0 aliphatic heterocycles. The van der Waals surface area contributed by atoms with Gasteiger partial charge in [-0.25, -0.2) is 4.98 Å². The van der Waals surface area contributed by atoms with E-state index in [-0.39, 0.29) is 0 Å². The number of nitrogens with one attached hydrogen (secondary N) is 1. The summed E-state index contributed by atoms with van der Waals surface area (Å²) < 4.78 is 0. The molecule has 0 amide bonds. The maximum Gasteiger partial charge on any atom is 0.125 e. The molecule has 2 rings (SSSR count). The predicted molar refractivity (Wildman–Crippen MR) is 88.6 cm³/mol. The van der Waals surface area contributed by atoms with Crippen molar-refractivity contribution in [2.45, 2.75) is 39.7 Å². The van der Waals surface area contributed by atoms with Gasteiger partial charge in [0.25, 0.3) is 0 Å². The summed E-state index contributed by atoms with van der Waals surface area (Å²) in [6, 6.07) is 7.91. The molecule has 0 atom stereocenters. The fourth-order valence-corrected chi connectivity index (χ4v) is 3.58. The lowest BCUT2D eigenvalue weighted by Crippen LogP contribution is -2.14. The van der Waals surface area contributed by atoms with Crippen LogP contribution < -0.4 is 5.32 Å². The van der Waals surface area contributed by atoms with Gasteiger partial charge in [0.05, 0.1) is 10.7 Å². The summed E-state index contributed by atoms with van der Waals surface area (Å²) in [7, 11) is 0. The van der Waals surface area contributed by atoms with Crippen molar-refractivity contribution in [3.63, 3.8) is 0 Å². The van der Waals surface area contributed by atoms with Crippen molar-refractivity contribution in [2.75, 3.05) is 6.54 Å². The smallest absolute Gasteiger partial charge is 0.125 e. The largest absolute Gasteiger partial charge is 0.312 e. The second-order valence-corrected chi connectivity index (χ2v) is 6.63. The van der Waals surface area contributed by atoms with Crippen LogP contribution in [0.25, 0.3) is 10.6 Å². The zero-order chi connectivity index (χ0) is 14.5. The molecule has 0 saturated carbocycles. The van der Waals surface area contributed by atoms with Gasteiger partial charge in [-0.05, 0) is 24.9 Å². The van der Waals surface area contributed by atoms with Gasteiger partial charge in [0.1, 0.15) is 5.01 Å². The van der Waals surface area contributed by atoms with Crippen LogP contribution in [0.5, 0.6) is 0 Å². The SMILES string of the molecule is CCCNCc1sc(-c2ccccc2Cl)nc1C(C)C. The Morgan fingerprint density at radius 2 is 2.05 bits per heavy atom. The number of halogens is 1. The molecule has 0 fully saturated rings. The number of aromatic nitrogens is 1. The first-order valence-electron chi connectivity index (χ1n) is 7.08. The summed E-state index contributed by atoms with van der Waals surface area (Å²) in [5.74, 6) is 0.431. The summed E-state index contributed by atoms with van der Waals surface area (Å²) in [4.78, 5) is 6.14. The van der Waals surface area contributed by atoms with Crippen molar-refractivity contribution in [1.82, 2.24) is 10.3 Å². The molecule has 2 aromatic rings. The Morgan fingerprint density at radius 3 is 2.70 bits per heavy atom. The Balaban J connectivity index is 2.31. The number of thiazole rings is 1. The molecular formula is C16H21ClN2S. The summed E-state index contributed by atoms with van der Waals surface area (Å²) in [5.41, 5.74) is 2.22. The lowest BCUT2D eigenvalue weighted by atomic mass is 10.1. The number of hydrogen-bond donors (Lipinski definition) is 1. The first-order chi connectivity index (χ1) is 9.63. The van der Waals surface area contributed by atoms with Crippen LogP contribution in [-0.4, -0.2) is 11.5 Å². The molecule has 1 heterocycles. The molecule has 1 aromatic carbocycles. The summed E-state index contributed by atoms with van der Waals surface area (Å²) in [5, 5.41) is 5.25. The maximum atomic E-state index is 6.28. The highest BCUT2D eigenvalue weighted by Gasteiger charge is 2.16. The van der Waals surface area contributed by atoms with Gasteiger partial charge in [0.15, 0.2) is 0 Å². The maximum absolute atomic E-state index is 6.28. The van der Waals surface area contributed by atoms with E-state index in [1.165, 1.54) is 10.6 Å². The molecule has 0 saturated heterocycles. The van der Waals surface area contributed by atoms with E-state index in [1.54, 1.807) is 11.3 Å². The van der Waals surface area contributed by atoms with Crippen molar-refractivity contribution in [3.05, 3.63) is 39.9 Å². The van der Waals surface area contributed by atoms with Crippen LogP contribution in [0.2, 0.25) is 5.02 Å². The predicted octanol–water partition coefficient (Wildman–Crippen LogP) is 5.09. The Labute approximate surface area is 130 Å². The molecule has 1 aromatic heterocycles. The first kappa shape index (κ1) is 15.5. The molecule has 20 heavy (non-hydrogen) atoms. The van der Waals surface area contributed by atoms with Crippen molar-refractivity contribution in [3.8, 4) is 10.6 Å². The highest BCUT2D eigenvalue weighted by atomic mass is 35.5. The molecule has 1 N–H and O–H groups in total. The van der Waals surface area contributed by atoms with Gasteiger partial charge < -0.3 is 5.32 Å². The van der Waals surface area contributed by atoms with E-state index in [2.05, 4.69) is 26.1 Å². The highest BCUT2D eigenvalue weighted by molar-refractivity contribution is 7.15. The molecular weight excluding hydrogens is 288 g/mol. The van der Waals surface area contributed by atoms with Crippen LogP contribution in [0, 0.1) is 0 Å². The minimum Gasteiger partial charge on any atom is -0.312 e. The van der Waals surface area contributed by atoms with Gasteiger partial charge in [0.2, 0.25) is 0 Å². The van der Waals surface area contributed by atoms with Gasteiger partial charge in [-0.15, -0.1) is 11.3 Å². The van der Waals surface area contributed by atoms with E-state index in [9.17, 15) is 0 Å². The van der Waals surface area contributed by atoms with E-state index < -0.39 is 0 Å². The highest BCUT2D eigenvalue weighted by Crippen LogP contribution is 2.35. The van der Waals surface area contributed by atoms with Crippen molar-refractivity contribution in [1.29, 1.82) is 0 Å². The number of nitrogens with zero attached hydrogens (tertiary/aromatic N) is 1. The van der Waals surface area contributed by atoms with Gasteiger partial charge in [-0.1, -0.05) is 50.6 Å². The zero-order valence-corrected chi connectivity index (χ0v) is 13.8. The van der Waals surface area contributed by atoms with E-state index in [1.807, 2.05) is 24.3 Å². The standard InChI is InChI=1S/C16H21ClN2S/c1-4-9-18-10-14-15(11(2)3)19-16(20-14)12-7-5-6-8-13(12)17/h5-8,11,18H,4,9-10H2,1-3H3. The minimum atomic E-state index is 0.431. The van der Waals surface area contributed by atoms with E-state index in [0.717, 1.165) is 35.1 Å². The third-order valence-corrected chi connectivity index (χ3v) is 4.53. The second kappa shape index (κ2) is 7.21. The quantitative estimate of drug-likeness (QED) is 0.752. The number of hydrogen-bond acceptors (Lipinski definition) is 3. The van der Waals surface area contributed by atoms with Crippen molar-refractivity contribution < 1.29 is 0 Å². The Morgan fingerprint density at radius 1 is 1.30 bits per heavy atom. The monoisotopic (exact) mass is 308 g/mol. The summed E-state index contributed by atoms with van der Waals surface area (Å²) in [6.45, 7) is 8.49. The zero-order valence-electron chi connectivity index (χ0n) is 12.2. The molecule has 4 heteroatoms. The van der Waals surface area contributed by atoms with Crippen LogP contribution in [0.3, 0.4) is 0 Å². The molecule has 2 nitrogen and oxygen atoms in total. The van der Waals surface area contributed by atoms with Gasteiger partial charge in [-0.2, -0.15) is 0 Å². The van der Waals surface area contributed by atoms with E-state index in [4.69, 9.17) is 16.6 Å². The van der Waals surface area contributed by atoms with Crippen LogP contribution in [0.15, 0.2) is 24.3 Å². The fourth-order valence-electron chi connectivity index (χ4n) is 2.07. The van der Waals surface area contributed by atoms with Gasteiger partial charge in [-0.3, -0.25) is 0 Å². The Kier molecular flexibility index (Phi) is 5.58. The molecule has 0 spiro atoms. The molecule has 0 radical (unpaired) electrons. The lowest BCUT2D eigenvalue weighted by molar-refractivity contribution is 0.670. The number of rotatable bonds is 6. The third-order valence-electron chi connectivity index (χ3n) is 3.09. The molecule has 0 bridgehead atoms. The topological polar surface area (TPSA) is 24.9 Å². The fraction of sp³-hybridized carbons (Fsp3) is 0.438. The van der Waals surface area contributed by atoms with Crippen LogP contribution in [-0.2, 0) is 6.54 Å². The van der Waals surface area contributed by atoms with Crippen molar-refractivity contribution in [2.24, 2.45) is 0 Å². The van der Waals surface area contributed by atoms with Crippen LogP contribution in [0.4, 0.5) is 0 Å². The Hall–Kier alpha value is -0.900. The molecule has 0 unspecified atom stereocenters. The Bertz CT molecular complexity index is 563. The molecule has 108 valence electrons. The summed E-state index contributed by atoms with van der Waals surface area (Å²) in [6.07, 6.45) is 1.15. The molecule has 0 aliphatic rings. The number of benzene rings is 1. The van der Waals surface area contributed by atoms with Gasteiger partial charge >= 0.3 is 0 Å². The first-order valence-corrected chi connectivity index (χ1v) is 8.28. The average molecular weight is 309 g/mol. The minimum absolute atomic E-state index is 0.431.